The van der Waals surface area contributed by atoms with Crippen molar-refractivity contribution in [2.24, 2.45) is 0 Å². The first kappa shape index (κ1) is 57.4. The second-order valence-electron chi connectivity index (χ2n) is 16.5. The second-order valence-corrected chi connectivity index (χ2v) is 17.9. The molecule has 0 aliphatic heterocycles. The van der Waals surface area contributed by atoms with Gasteiger partial charge in [0.1, 0.15) is 12.7 Å². The highest BCUT2D eigenvalue weighted by Gasteiger charge is 2.27. The van der Waals surface area contributed by atoms with Crippen LogP contribution in [0.5, 0.6) is 0 Å². The van der Waals surface area contributed by atoms with Crippen LogP contribution in [0.2, 0.25) is 0 Å². The number of unbranched alkanes of at least 4 members (excludes halogenated alkanes) is 28. The Morgan fingerprint density at radius 3 is 1.29 bits per heavy atom. The van der Waals surface area contributed by atoms with E-state index < -0.39 is 51.8 Å². The summed E-state index contributed by atoms with van der Waals surface area (Å²) in [6.45, 7) is 2.36. The Labute approximate surface area is 361 Å². The summed E-state index contributed by atoms with van der Waals surface area (Å²) in [5.41, 5.74) is 0. The van der Waals surface area contributed by atoms with Gasteiger partial charge in [-0.25, -0.2) is 4.57 Å². The minimum atomic E-state index is -4.62. The number of phosphoric ester groups is 1. The smallest absolute Gasteiger partial charge is 0.462 e. The summed E-state index contributed by atoms with van der Waals surface area (Å²) < 4.78 is 32.7. The number of rotatable bonds is 46. The topological polar surface area (TPSA) is 149 Å². The lowest BCUT2D eigenvalue weighted by atomic mass is 10.0. The molecule has 3 N–H and O–H groups in total. The summed E-state index contributed by atoms with van der Waals surface area (Å²) in [6, 6.07) is 0. The molecule has 1 unspecified atom stereocenters. The minimum Gasteiger partial charge on any atom is -0.462 e. The molecule has 0 rings (SSSR count). The Hall–Kier alpha value is -1.55. The number of carbonyl (C=O) groups is 2. The second kappa shape index (κ2) is 44.5. The van der Waals surface area contributed by atoms with Gasteiger partial charge >= 0.3 is 19.8 Å². The summed E-state index contributed by atoms with van der Waals surface area (Å²) in [5, 5.41) is 18.3. The maximum Gasteiger partial charge on any atom is 0.472 e. The molecular weight excluding hydrogens is 767 g/mol. The molecule has 348 valence electrons. The van der Waals surface area contributed by atoms with Gasteiger partial charge in [0.15, 0.2) is 6.10 Å². The molecule has 0 saturated heterocycles. The Morgan fingerprint density at radius 2 is 0.847 bits per heavy atom. The van der Waals surface area contributed by atoms with Crippen LogP contribution >= 0.6 is 7.82 Å². The van der Waals surface area contributed by atoms with Crippen LogP contribution < -0.4 is 0 Å². The molecule has 0 spiro atoms. The molecule has 0 aromatic carbocycles. The highest BCUT2D eigenvalue weighted by atomic mass is 31.2. The molecule has 0 aromatic rings. The Bertz CT molecular complexity index is 1040. The van der Waals surface area contributed by atoms with Crippen LogP contribution in [0.4, 0.5) is 0 Å². The number of hydrogen-bond acceptors (Lipinski definition) is 9. The number of carbonyl (C=O) groups excluding carboxylic acids is 2. The van der Waals surface area contributed by atoms with Crippen molar-refractivity contribution in [2.75, 3.05) is 26.4 Å². The van der Waals surface area contributed by atoms with Gasteiger partial charge in [-0.1, -0.05) is 186 Å². The van der Waals surface area contributed by atoms with E-state index in [0.717, 1.165) is 51.4 Å². The fraction of sp³-hybridized carbons (Fsp3) is 0.875. The highest BCUT2D eigenvalue weighted by Crippen LogP contribution is 2.43. The average molecular weight is 859 g/mol. The van der Waals surface area contributed by atoms with E-state index in [9.17, 15) is 24.2 Å². The first-order chi connectivity index (χ1) is 28.7. The van der Waals surface area contributed by atoms with E-state index in [4.69, 9.17) is 23.6 Å². The average Bonchev–Trinajstić information content (AvgIpc) is 3.22. The Morgan fingerprint density at radius 1 is 0.492 bits per heavy atom. The number of phosphoric acid groups is 1. The van der Waals surface area contributed by atoms with Gasteiger partial charge in [0, 0.05) is 12.8 Å². The largest absolute Gasteiger partial charge is 0.472 e. The fourth-order valence-corrected chi connectivity index (χ4v) is 7.61. The molecule has 0 saturated carbocycles. The Balaban J connectivity index is 4.16. The molecule has 0 fully saturated rings. The van der Waals surface area contributed by atoms with Crippen molar-refractivity contribution < 1.29 is 47.8 Å². The number of esters is 2. The van der Waals surface area contributed by atoms with E-state index in [1.54, 1.807) is 0 Å². The highest BCUT2D eigenvalue weighted by molar-refractivity contribution is 7.47. The van der Waals surface area contributed by atoms with E-state index in [1.807, 2.05) is 0 Å². The zero-order valence-electron chi connectivity index (χ0n) is 38.0. The van der Waals surface area contributed by atoms with Crippen molar-refractivity contribution in [3.8, 4) is 0 Å². The molecule has 0 radical (unpaired) electrons. The van der Waals surface area contributed by atoms with Crippen LogP contribution in [-0.2, 0) is 32.7 Å². The normalized spacial score (nSPS) is 13.9. The predicted octanol–water partition coefficient (Wildman–Crippen LogP) is 13.3. The molecule has 11 heteroatoms. The maximum absolute atomic E-state index is 12.6. The van der Waals surface area contributed by atoms with E-state index in [1.165, 1.54) is 141 Å². The van der Waals surface area contributed by atoms with Crippen LogP contribution in [0.15, 0.2) is 24.3 Å². The van der Waals surface area contributed by atoms with Crippen molar-refractivity contribution in [2.45, 2.75) is 244 Å². The van der Waals surface area contributed by atoms with Gasteiger partial charge in [-0.2, -0.15) is 0 Å². The molecule has 3 atom stereocenters. The monoisotopic (exact) mass is 859 g/mol. The minimum absolute atomic E-state index is 0.171. The van der Waals surface area contributed by atoms with E-state index in [2.05, 4.69) is 38.2 Å². The number of aliphatic hydroxyl groups is 2. The van der Waals surface area contributed by atoms with Gasteiger partial charge < -0.3 is 24.6 Å². The van der Waals surface area contributed by atoms with Gasteiger partial charge in [0.25, 0.3) is 0 Å². The summed E-state index contributed by atoms with van der Waals surface area (Å²) >= 11 is 0. The summed E-state index contributed by atoms with van der Waals surface area (Å²) in [7, 11) is -4.62. The van der Waals surface area contributed by atoms with Crippen LogP contribution in [0.3, 0.4) is 0 Å². The zero-order valence-corrected chi connectivity index (χ0v) is 38.9. The standard InChI is InChI=1S/C48H91O10P/c1-3-5-7-9-11-13-15-17-18-19-20-21-22-23-24-25-26-28-29-31-33-35-37-39-47(51)55-43-46(44-57-59(53,54)56-42-45(50)41-49)58-48(52)40-38-36-34-32-30-27-16-14-12-10-8-6-4-2/h14,16,31,33,45-46,49-50H,3-13,15,17-30,32,34-44H2,1-2H3,(H,53,54)/b16-14+,33-31+/t45-,46+/m1/s1. The predicted molar refractivity (Wildman–Crippen MR) is 242 cm³/mol. The summed E-state index contributed by atoms with van der Waals surface area (Å²) in [6.07, 6.45) is 45.9. The van der Waals surface area contributed by atoms with Gasteiger partial charge in [0.2, 0.25) is 0 Å². The number of allylic oxidation sites excluding steroid dienone is 4. The van der Waals surface area contributed by atoms with Crippen molar-refractivity contribution in [1.29, 1.82) is 0 Å². The van der Waals surface area contributed by atoms with Crippen LogP contribution in [0, 0.1) is 0 Å². The molecule has 10 nitrogen and oxygen atoms in total. The Kier molecular flexibility index (Phi) is 43.3. The third-order valence-corrected chi connectivity index (χ3v) is 11.5. The third-order valence-electron chi connectivity index (χ3n) is 10.6. The molecular formula is C48H91O10P. The van der Waals surface area contributed by atoms with Crippen molar-refractivity contribution in [3.05, 3.63) is 24.3 Å². The SMILES string of the molecule is CCCCCC/C=C/CCCCCCCC(=O)O[C@@H](COC(=O)CCC/C=C/CCCCCCCCCCCCCCCCCCCC)COP(=O)(O)OC[C@H](O)CO. The summed E-state index contributed by atoms with van der Waals surface area (Å²) in [4.78, 5) is 35.0. The molecule has 0 heterocycles. The third kappa shape index (κ3) is 44.3. The van der Waals surface area contributed by atoms with Gasteiger partial charge in [-0.3, -0.25) is 18.6 Å². The quantitative estimate of drug-likeness (QED) is 0.0234. The lowest BCUT2D eigenvalue weighted by molar-refractivity contribution is -0.161. The van der Waals surface area contributed by atoms with Gasteiger partial charge in [-0.15, -0.1) is 0 Å². The van der Waals surface area contributed by atoms with Crippen molar-refractivity contribution >= 4 is 19.8 Å². The zero-order chi connectivity index (χ0) is 43.3. The first-order valence-corrected chi connectivity index (χ1v) is 25.8. The lowest BCUT2D eigenvalue weighted by Crippen LogP contribution is -2.29. The van der Waals surface area contributed by atoms with Crippen molar-refractivity contribution in [3.63, 3.8) is 0 Å². The first-order valence-electron chi connectivity index (χ1n) is 24.3. The van der Waals surface area contributed by atoms with Crippen LogP contribution in [-0.4, -0.2) is 65.7 Å². The van der Waals surface area contributed by atoms with E-state index in [0.29, 0.717) is 12.8 Å². The molecule has 0 amide bonds. The van der Waals surface area contributed by atoms with Gasteiger partial charge in [0.05, 0.1) is 19.8 Å². The summed E-state index contributed by atoms with van der Waals surface area (Å²) in [5.74, 6) is -0.964. The maximum atomic E-state index is 12.6. The number of aliphatic hydroxyl groups excluding tert-OH is 2. The molecule has 0 aliphatic rings. The number of hydrogen-bond donors (Lipinski definition) is 3. The van der Waals surface area contributed by atoms with Crippen LogP contribution in [0.25, 0.3) is 0 Å². The lowest BCUT2D eigenvalue weighted by Gasteiger charge is -2.20. The molecule has 59 heavy (non-hydrogen) atoms. The molecule has 0 aliphatic carbocycles. The van der Waals surface area contributed by atoms with E-state index >= 15 is 0 Å². The molecule has 0 bridgehead atoms. The number of ether oxygens (including phenoxy) is 2. The molecule has 0 aromatic heterocycles. The van der Waals surface area contributed by atoms with Crippen molar-refractivity contribution in [1.82, 2.24) is 0 Å². The van der Waals surface area contributed by atoms with Crippen LogP contribution in [0.1, 0.15) is 232 Å². The van der Waals surface area contributed by atoms with E-state index in [-0.39, 0.29) is 19.4 Å². The van der Waals surface area contributed by atoms with Gasteiger partial charge in [-0.05, 0) is 57.8 Å². The fourth-order valence-electron chi connectivity index (χ4n) is 6.82.